The fourth-order valence-electron chi connectivity index (χ4n) is 2.54. The van der Waals surface area contributed by atoms with E-state index in [0.717, 1.165) is 5.56 Å². The van der Waals surface area contributed by atoms with E-state index >= 15 is 0 Å². The lowest BCUT2D eigenvalue weighted by Crippen LogP contribution is -2.25. The lowest BCUT2D eigenvalue weighted by Gasteiger charge is -2.09. The normalized spacial score (nSPS) is 10.6. The number of anilines is 1. The Morgan fingerprint density at radius 2 is 1.97 bits per heavy atom. The highest BCUT2D eigenvalue weighted by atomic mass is 35.5. The predicted octanol–water partition coefficient (Wildman–Crippen LogP) is 3.17. The predicted molar refractivity (Wildman–Crippen MR) is 114 cm³/mol. The molecule has 0 fully saturated rings. The molecule has 1 aromatic heterocycles. The molecule has 9 heteroatoms. The lowest BCUT2D eigenvalue weighted by atomic mass is 10.1. The third-order valence-corrected chi connectivity index (χ3v) is 5.31. The minimum absolute atomic E-state index is 0.182. The molecule has 2 aromatic carbocycles. The smallest absolute Gasteiger partial charge is 0.251 e. The quantitative estimate of drug-likeness (QED) is 0.537. The lowest BCUT2D eigenvalue weighted by molar-refractivity contribution is -0.113. The summed E-state index contributed by atoms with van der Waals surface area (Å²) in [4.78, 5) is 24.5. The van der Waals surface area contributed by atoms with Crippen LogP contribution in [0.2, 0.25) is 5.02 Å². The van der Waals surface area contributed by atoms with Gasteiger partial charge in [0.1, 0.15) is 6.33 Å². The summed E-state index contributed by atoms with van der Waals surface area (Å²) in [5.74, 6) is -0.175. The topological polar surface area (TPSA) is 88.9 Å². The van der Waals surface area contributed by atoms with Crippen LogP contribution in [0.25, 0.3) is 0 Å². The van der Waals surface area contributed by atoms with Crippen LogP contribution < -0.4 is 10.6 Å². The van der Waals surface area contributed by atoms with Gasteiger partial charge in [-0.1, -0.05) is 41.6 Å². The minimum Gasteiger partial charge on any atom is -0.352 e. The van der Waals surface area contributed by atoms with Crippen LogP contribution in [0.5, 0.6) is 0 Å². The molecule has 29 heavy (non-hydrogen) atoms. The van der Waals surface area contributed by atoms with Gasteiger partial charge in [-0.25, -0.2) is 0 Å². The molecule has 0 saturated carbocycles. The van der Waals surface area contributed by atoms with Gasteiger partial charge in [0.2, 0.25) is 5.91 Å². The van der Waals surface area contributed by atoms with E-state index < -0.39 is 0 Å². The van der Waals surface area contributed by atoms with E-state index in [-0.39, 0.29) is 17.6 Å². The third kappa shape index (κ3) is 6.33. The maximum atomic E-state index is 12.4. The van der Waals surface area contributed by atoms with Crippen molar-refractivity contribution in [1.82, 2.24) is 20.1 Å². The van der Waals surface area contributed by atoms with Crippen LogP contribution in [0.4, 0.5) is 5.69 Å². The highest BCUT2D eigenvalue weighted by Crippen LogP contribution is 2.15. The Morgan fingerprint density at radius 1 is 1.17 bits per heavy atom. The molecule has 0 aliphatic heterocycles. The molecule has 3 aromatic rings. The van der Waals surface area contributed by atoms with E-state index in [1.165, 1.54) is 11.8 Å². The van der Waals surface area contributed by atoms with Gasteiger partial charge in [0.15, 0.2) is 5.16 Å². The zero-order valence-corrected chi connectivity index (χ0v) is 17.3. The van der Waals surface area contributed by atoms with Crippen molar-refractivity contribution in [2.75, 3.05) is 17.6 Å². The molecule has 0 bridgehead atoms. The van der Waals surface area contributed by atoms with Gasteiger partial charge >= 0.3 is 0 Å². The Kier molecular flexibility index (Phi) is 7.26. The monoisotopic (exact) mass is 429 g/mol. The number of hydrogen-bond acceptors (Lipinski definition) is 5. The number of aryl methyl sites for hydroxylation is 1. The average Bonchev–Trinajstić information content (AvgIpc) is 3.13. The molecule has 7 nitrogen and oxygen atoms in total. The maximum absolute atomic E-state index is 12.4. The van der Waals surface area contributed by atoms with Crippen LogP contribution in [0.1, 0.15) is 15.9 Å². The van der Waals surface area contributed by atoms with Crippen molar-refractivity contribution in [2.24, 2.45) is 7.05 Å². The standard InChI is InChI=1S/C20H20ClN5O2S/c1-26-13-23-25-20(26)29-12-18(27)24-17-4-2-3-15(11-17)19(28)22-10-9-14-5-7-16(21)8-6-14/h2-8,11,13H,9-10,12H2,1H3,(H,22,28)(H,24,27). The molecule has 0 spiro atoms. The summed E-state index contributed by atoms with van der Waals surface area (Å²) in [5.41, 5.74) is 2.15. The first kappa shape index (κ1) is 20.9. The van der Waals surface area contributed by atoms with Crippen molar-refractivity contribution in [3.05, 3.63) is 71.0 Å². The van der Waals surface area contributed by atoms with Crippen LogP contribution in [0.3, 0.4) is 0 Å². The number of thioether (sulfide) groups is 1. The number of benzene rings is 2. The number of nitrogens with zero attached hydrogens (tertiary/aromatic N) is 3. The Morgan fingerprint density at radius 3 is 2.69 bits per heavy atom. The molecule has 0 saturated heterocycles. The molecule has 1 heterocycles. The van der Waals surface area contributed by atoms with Crippen LogP contribution in [-0.4, -0.2) is 38.9 Å². The summed E-state index contributed by atoms with van der Waals surface area (Å²) in [7, 11) is 1.81. The molecule has 3 rings (SSSR count). The first-order chi connectivity index (χ1) is 14.0. The zero-order chi connectivity index (χ0) is 20.6. The third-order valence-electron chi connectivity index (χ3n) is 4.02. The number of nitrogens with one attached hydrogen (secondary N) is 2. The SMILES string of the molecule is Cn1cnnc1SCC(=O)Nc1cccc(C(=O)NCCc2ccc(Cl)cc2)c1. The Balaban J connectivity index is 1.48. The second kappa shape index (κ2) is 10.1. The minimum atomic E-state index is -0.191. The molecule has 2 amide bonds. The summed E-state index contributed by atoms with van der Waals surface area (Å²) in [6, 6.07) is 14.4. The molecular formula is C20H20ClN5O2S. The first-order valence-electron chi connectivity index (χ1n) is 8.90. The fraction of sp³-hybridized carbons (Fsp3) is 0.200. The van der Waals surface area contributed by atoms with Crippen molar-refractivity contribution < 1.29 is 9.59 Å². The van der Waals surface area contributed by atoms with Gasteiger partial charge in [-0.3, -0.25) is 9.59 Å². The number of carbonyl (C=O) groups excluding carboxylic acids is 2. The van der Waals surface area contributed by atoms with Crippen molar-refractivity contribution in [3.63, 3.8) is 0 Å². The fourth-order valence-corrected chi connectivity index (χ4v) is 3.36. The number of amides is 2. The molecule has 150 valence electrons. The van der Waals surface area contributed by atoms with Crippen LogP contribution in [0, 0.1) is 0 Å². The van der Waals surface area contributed by atoms with E-state index in [1.807, 2.05) is 31.3 Å². The average molecular weight is 430 g/mol. The van der Waals surface area contributed by atoms with Gasteiger partial charge < -0.3 is 15.2 Å². The highest BCUT2D eigenvalue weighted by Gasteiger charge is 2.10. The van der Waals surface area contributed by atoms with Gasteiger partial charge in [-0.15, -0.1) is 10.2 Å². The number of hydrogen-bond donors (Lipinski definition) is 2. The van der Waals surface area contributed by atoms with Gasteiger partial charge in [0.25, 0.3) is 5.91 Å². The molecule has 0 aliphatic rings. The number of halogens is 1. The van der Waals surface area contributed by atoms with E-state index in [2.05, 4.69) is 20.8 Å². The summed E-state index contributed by atoms with van der Waals surface area (Å²) >= 11 is 7.16. The van der Waals surface area contributed by atoms with Crippen molar-refractivity contribution in [1.29, 1.82) is 0 Å². The molecule has 0 aliphatic carbocycles. The largest absolute Gasteiger partial charge is 0.352 e. The number of aromatic nitrogens is 3. The second-order valence-corrected chi connectivity index (χ2v) is 7.65. The summed E-state index contributed by atoms with van der Waals surface area (Å²) < 4.78 is 1.74. The molecule has 0 unspecified atom stereocenters. The second-order valence-electron chi connectivity index (χ2n) is 6.27. The van der Waals surface area contributed by atoms with Gasteiger partial charge in [0, 0.05) is 29.9 Å². The summed E-state index contributed by atoms with van der Waals surface area (Å²) in [6.45, 7) is 0.505. The maximum Gasteiger partial charge on any atom is 0.251 e. The van der Waals surface area contributed by atoms with Crippen LogP contribution >= 0.6 is 23.4 Å². The van der Waals surface area contributed by atoms with Crippen LogP contribution in [-0.2, 0) is 18.3 Å². The van der Waals surface area contributed by atoms with Crippen molar-refractivity contribution in [2.45, 2.75) is 11.6 Å². The van der Waals surface area contributed by atoms with E-state index in [1.54, 1.807) is 35.2 Å². The molecule has 0 atom stereocenters. The first-order valence-corrected chi connectivity index (χ1v) is 10.3. The number of rotatable bonds is 8. The van der Waals surface area contributed by atoms with Gasteiger partial charge in [0.05, 0.1) is 5.75 Å². The Hall–Kier alpha value is -2.84. The molecule has 2 N–H and O–H groups in total. The molecular weight excluding hydrogens is 410 g/mol. The van der Waals surface area contributed by atoms with E-state index in [9.17, 15) is 9.59 Å². The van der Waals surface area contributed by atoms with Gasteiger partial charge in [-0.2, -0.15) is 0 Å². The summed E-state index contributed by atoms with van der Waals surface area (Å²) in [6.07, 6.45) is 2.29. The Bertz CT molecular complexity index is 991. The zero-order valence-electron chi connectivity index (χ0n) is 15.8. The van der Waals surface area contributed by atoms with Crippen molar-refractivity contribution in [3.8, 4) is 0 Å². The number of carbonyl (C=O) groups is 2. The van der Waals surface area contributed by atoms with Crippen molar-refractivity contribution >= 4 is 40.9 Å². The van der Waals surface area contributed by atoms with Gasteiger partial charge in [-0.05, 0) is 42.3 Å². The Labute approximate surface area is 177 Å². The highest BCUT2D eigenvalue weighted by molar-refractivity contribution is 7.99. The van der Waals surface area contributed by atoms with E-state index in [4.69, 9.17) is 11.6 Å². The summed E-state index contributed by atoms with van der Waals surface area (Å²) in [5, 5.41) is 14.7. The van der Waals surface area contributed by atoms with Crippen LogP contribution in [0.15, 0.2) is 60.0 Å². The van der Waals surface area contributed by atoms with E-state index in [0.29, 0.717) is 34.4 Å². The molecule has 0 radical (unpaired) electrons.